The first kappa shape index (κ1) is 16.0. The molecule has 0 aromatic heterocycles. The van der Waals surface area contributed by atoms with Gasteiger partial charge in [0.05, 0.1) is 12.6 Å². The van der Waals surface area contributed by atoms with Crippen LogP contribution in [0.2, 0.25) is 0 Å². The molecular weight excluding hydrogens is 242 g/mol. The van der Waals surface area contributed by atoms with Crippen LogP contribution in [0, 0.1) is 17.8 Å². The summed E-state index contributed by atoms with van der Waals surface area (Å²) >= 11 is 0. The Morgan fingerprint density at radius 2 is 1.74 bits per heavy atom. The quantitative estimate of drug-likeness (QED) is 0.806. The van der Waals surface area contributed by atoms with Gasteiger partial charge in [-0.3, -0.25) is 4.79 Å². The van der Waals surface area contributed by atoms with E-state index in [4.69, 9.17) is 4.74 Å². The van der Waals surface area contributed by atoms with Gasteiger partial charge in [0, 0.05) is 5.92 Å². The Hall–Kier alpha value is -1.06. The van der Waals surface area contributed by atoms with Gasteiger partial charge in [-0.25, -0.2) is 4.79 Å². The van der Waals surface area contributed by atoms with E-state index in [1.54, 1.807) is 0 Å². The van der Waals surface area contributed by atoms with Gasteiger partial charge in [0.1, 0.15) is 0 Å². The molecule has 1 rings (SSSR count). The smallest absolute Gasteiger partial charge is 0.407 e. The summed E-state index contributed by atoms with van der Waals surface area (Å²) in [6.45, 7) is 8.05. The lowest BCUT2D eigenvalue weighted by Crippen LogP contribution is -2.46. The summed E-state index contributed by atoms with van der Waals surface area (Å²) in [6, 6.07) is -0.448. The number of Topliss-reactive ketones (excluding diaryl/α,β-unsaturated/α-hetero) is 1. The molecule has 0 saturated heterocycles. The highest BCUT2D eigenvalue weighted by atomic mass is 16.5. The zero-order chi connectivity index (χ0) is 14.4. The van der Waals surface area contributed by atoms with Crippen molar-refractivity contribution >= 4 is 11.9 Å². The van der Waals surface area contributed by atoms with Crippen LogP contribution in [0.15, 0.2) is 0 Å². The number of ketones is 1. The molecule has 0 bridgehead atoms. The maximum Gasteiger partial charge on any atom is 0.407 e. The average molecular weight is 269 g/mol. The molecule has 110 valence electrons. The Morgan fingerprint density at radius 3 is 2.21 bits per heavy atom. The third-order valence-electron chi connectivity index (χ3n) is 3.74. The fraction of sp³-hybridized carbons (Fsp3) is 0.867. The van der Waals surface area contributed by atoms with Gasteiger partial charge >= 0.3 is 6.09 Å². The Kier molecular flexibility index (Phi) is 6.32. The highest BCUT2D eigenvalue weighted by Crippen LogP contribution is 2.24. The van der Waals surface area contributed by atoms with Gasteiger partial charge in [-0.15, -0.1) is 0 Å². The standard InChI is InChI=1S/C15H27NO3/c1-10(2)13(14(17)11(3)4)16-15(18)19-9-12-7-5-6-8-12/h10-13H,5-9H2,1-4H3,(H,16,18). The number of carbonyl (C=O) groups excluding carboxylic acids is 2. The van der Waals surface area contributed by atoms with Crippen molar-refractivity contribution in [2.24, 2.45) is 17.8 Å². The van der Waals surface area contributed by atoms with Gasteiger partial charge in [0.15, 0.2) is 5.78 Å². The van der Waals surface area contributed by atoms with Gasteiger partial charge < -0.3 is 10.1 Å². The van der Waals surface area contributed by atoms with Gasteiger partial charge in [0.2, 0.25) is 0 Å². The van der Waals surface area contributed by atoms with E-state index in [9.17, 15) is 9.59 Å². The van der Waals surface area contributed by atoms with Crippen LogP contribution >= 0.6 is 0 Å². The van der Waals surface area contributed by atoms with Crippen molar-refractivity contribution in [3.8, 4) is 0 Å². The molecule has 0 heterocycles. The molecular formula is C15H27NO3. The van der Waals surface area contributed by atoms with Crippen LogP contribution in [0.1, 0.15) is 53.4 Å². The van der Waals surface area contributed by atoms with E-state index in [2.05, 4.69) is 5.32 Å². The molecule has 1 amide bonds. The molecule has 0 spiro atoms. The van der Waals surface area contributed by atoms with E-state index in [1.807, 2.05) is 27.7 Å². The SMILES string of the molecule is CC(C)C(=O)C(NC(=O)OCC1CCCC1)C(C)C. The van der Waals surface area contributed by atoms with E-state index in [-0.39, 0.29) is 17.6 Å². The molecule has 0 radical (unpaired) electrons. The van der Waals surface area contributed by atoms with Gasteiger partial charge in [-0.2, -0.15) is 0 Å². The molecule has 1 fully saturated rings. The minimum atomic E-state index is -0.459. The molecule has 4 heteroatoms. The number of ether oxygens (including phenoxy) is 1. The number of carbonyl (C=O) groups is 2. The van der Waals surface area contributed by atoms with Crippen LogP contribution < -0.4 is 5.32 Å². The van der Waals surface area contributed by atoms with Gasteiger partial charge in [-0.1, -0.05) is 40.5 Å². The molecule has 4 nitrogen and oxygen atoms in total. The van der Waals surface area contributed by atoms with Crippen LogP contribution in [0.3, 0.4) is 0 Å². The number of hydrogen-bond acceptors (Lipinski definition) is 3. The van der Waals surface area contributed by atoms with E-state index in [0.29, 0.717) is 12.5 Å². The molecule has 1 saturated carbocycles. The van der Waals surface area contributed by atoms with Crippen molar-refractivity contribution in [3.63, 3.8) is 0 Å². The summed E-state index contributed by atoms with van der Waals surface area (Å²) in [5.74, 6) is 0.563. The number of hydrogen-bond donors (Lipinski definition) is 1. The van der Waals surface area contributed by atoms with Crippen molar-refractivity contribution in [1.29, 1.82) is 0 Å². The normalized spacial score (nSPS) is 17.8. The fourth-order valence-corrected chi connectivity index (χ4v) is 2.46. The third kappa shape index (κ3) is 5.21. The maximum absolute atomic E-state index is 12.0. The number of nitrogens with one attached hydrogen (secondary N) is 1. The molecule has 1 aliphatic carbocycles. The predicted octanol–water partition coefficient (Wildman–Crippen LogP) is 3.15. The molecule has 0 aliphatic heterocycles. The second-order valence-electron chi connectivity index (χ2n) is 6.17. The summed E-state index contributed by atoms with van der Waals surface area (Å²) in [4.78, 5) is 23.8. The predicted molar refractivity (Wildman–Crippen MR) is 74.9 cm³/mol. The first-order valence-corrected chi connectivity index (χ1v) is 7.38. The first-order valence-electron chi connectivity index (χ1n) is 7.38. The summed E-state index contributed by atoms with van der Waals surface area (Å²) < 4.78 is 5.23. The molecule has 0 aromatic rings. The van der Waals surface area contributed by atoms with Crippen LogP contribution in [0.25, 0.3) is 0 Å². The van der Waals surface area contributed by atoms with Crippen LogP contribution in [0.5, 0.6) is 0 Å². The summed E-state index contributed by atoms with van der Waals surface area (Å²) in [5.41, 5.74) is 0. The Bertz CT molecular complexity index is 307. The lowest BCUT2D eigenvalue weighted by molar-refractivity contribution is -0.124. The molecule has 1 atom stereocenters. The lowest BCUT2D eigenvalue weighted by Gasteiger charge is -2.23. The van der Waals surface area contributed by atoms with E-state index >= 15 is 0 Å². The topological polar surface area (TPSA) is 55.4 Å². The lowest BCUT2D eigenvalue weighted by atomic mass is 9.93. The Morgan fingerprint density at radius 1 is 1.16 bits per heavy atom. The molecule has 0 aromatic carbocycles. The van der Waals surface area contributed by atoms with Crippen molar-refractivity contribution in [2.75, 3.05) is 6.61 Å². The maximum atomic E-state index is 12.0. The zero-order valence-corrected chi connectivity index (χ0v) is 12.6. The van der Waals surface area contributed by atoms with Crippen LogP contribution in [0.4, 0.5) is 4.79 Å². The monoisotopic (exact) mass is 269 g/mol. The summed E-state index contributed by atoms with van der Waals surface area (Å²) in [5, 5.41) is 2.71. The average Bonchev–Trinajstić information content (AvgIpc) is 2.85. The highest BCUT2D eigenvalue weighted by molar-refractivity contribution is 5.88. The number of alkyl carbamates (subject to hydrolysis) is 1. The zero-order valence-electron chi connectivity index (χ0n) is 12.6. The molecule has 1 N–H and O–H groups in total. The number of rotatable bonds is 6. The van der Waals surface area contributed by atoms with Gasteiger partial charge in [0.25, 0.3) is 0 Å². The molecule has 1 unspecified atom stereocenters. The van der Waals surface area contributed by atoms with Gasteiger partial charge in [-0.05, 0) is 24.7 Å². The highest BCUT2D eigenvalue weighted by Gasteiger charge is 2.27. The largest absolute Gasteiger partial charge is 0.449 e. The minimum Gasteiger partial charge on any atom is -0.449 e. The Labute approximate surface area is 116 Å². The van der Waals surface area contributed by atoms with E-state index in [1.165, 1.54) is 12.8 Å². The second-order valence-corrected chi connectivity index (χ2v) is 6.17. The Balaban J connectivity index is 2.40. The van der Waals surface area contributed by atoms with Crippen molar-refractivity contribution in [3.05, 3.63) is 0 Å². The van der Waals surface area contributed by atoms with Crippen LogP contribution in [-0.2, 0) is 9.53 Å². The summed E-state index contributed by atoms with van der Waals surface area (Å²) in [6.07, 6.45) is 4.30. The minimum absolute atomic E-state index is 0.0628. The first-order chi connectivity index (χ1) is 8.91. The van der Waals surface area contributed by atoms with Crippen molar-refractivity contribution in [2.45, 2.75) is 59.4 Å². The van der Waals surface area contributed by atoms with Crippen molar-refractivity contribution < 1.29 is 14.3 Å². The van der Waals surface area contributed by atoms with E-state index < -0.39 is 12.1 Å². The third-order valence-corrected chi connectivity index (χ3v) is 3.74. The van der Waals surface area contributed by atoms with E-state index in [0.717, 1.165) is 12.8 Å². The fourth-order valence-electron chi connectivity index (χ4n) is 2.46. The second kappa shape index (κ2) is 7.51. The summed E-state index contributed by atoms with van der Waals surface area (Å²) in [7, 11) is 0. The van der Waals surface area contributed by atoms with Crippen LogP contribution in [-0.4, -0.2) is 24.5 Å². The van der Waals surface area contributed by atoms with Crippen molar-refractivity contribution in [1.82, 2.24) is 5.32 Å². The number of amides is 1. The molecule has 1 aliphatic rings. The molecule has 19 heavy (non-hydrogen) atoms.